The zero-order valence-corrected chi connectivity index (χ0v) is 21.5. The van der Waals surface area contributed by atoms with Crippen molar-refractivity contribution in [1.82, 2.24) is 0 Å². The fourth-order valence-corrected chi connectivity index (χ4v) is 4.17. The lowest BCUT2D eigenvalue weighted by molar-refractivity contribution is -0.112. The number of hydrogen-bond acceptors (Lipinski definition) is 4. The molecule has 0 heterocycles. The highest BCUT2D eigenvalue weighted by atomic mass is 35.5. The van der Waals surface area contributed by atoms with Crippen LogP contribution in [0.25, 0.3) is 16.8 Å². The molecule has 0 aliphatic heterocycles. The summed E-state index contributed by atoms with van der Waals surface area (Å²) in [6.07, 6.45) is 2.39. The minimum atomic E-state index is -0.502. The van der Waals surface area contributed by atoms with E-state index in [2.05, 4.69) is 36.5 Å². The first-order chi connectivity index (χ1) is 18.0. The number of halogens is 1. The van der Waals surface area contributed by atoms with Crippen molar-refractivity contribution in [3.63, 3.8) is 0 Å². The molecule has 0 fully saturated rings. The van der Waals surface area contributed by atoms with Gasteiger partial charge in [-0.15, -0.1) is 0 Å². The second kappa shape index (κ2) is 12.1. The number of amides is 1. The minimum Gasteiger partial charge on any atom is -0.490 e. The SMILES string of the molecule is CCOc1cc(/C=C(\C#N)C(=O)Nc2ccc(CC)cc2)cc(Cl)c1OCc1ccc2ccccc2c1. The topological polar surface area (TPSA) is 71.3 Å². The van der Waals surface area contributed by atoms with Gasteiger partial charge in [0.2, 0.25) is 0 Å². The zero-order chi connectivity index (χ0) is 26.2. The van der Waals surface area contributed by atoms with Crippen LogP contribution >= 0.6 is 11.6 Å². The zero-order valence-electron chi connectivity index (χ0n) is 20.8. The van der Waals surface area contributed by atoms with Crippen molar-refractivity contribution in [3.05, 3.63) is 106 Å². The van der Waals surface area contributed by atoms with E-state index in [-0.39, 0.29) is 5.57 Å². The van der Waals surface area contributed by atoms with Gasteiger partial charge in [-0.2, -0.15) is 5.26 Å². The Morgan fingerprint density at radius 3 is 2.38 bits per heavy atom. The van der Waals surface area contributed by atoms with E-state index < -0.39 is 5.91 Å². The third-order valence-corrected chi connectivity index (χ3v) is 6.11. The van der Waals surface area contributed by atoms with Gasteiger partial charge in [0.25, 0.3) is 5.91 Å². The fourth-order valence-electron chi connectivity index (χ4n) is 3.90. The molecule has 1 amide bonds. The van der Waals surface area contributed by atoms with Gasteiger partial charge < -0.3 is 14.8 Å². The van der Waals surface area contributed by atoms with Crippen molar-refractivity contribution in [2.45, 2.75) is 26.9 Å². The largest absolute Gasteiger partial charge is 0.490 e. The summed E-state index contributed by atoms with van der Waals surface area (Å²) < 4.78 is 11.9. The summed E-state index contributed by atoms with van der Waals surface area (Å²) in [6, 6.07) is 27.1. The summed E-state index contributed by atoms with van der Waals surface area (Å²) in [4.78, 5) is 12.7. The minimum absolute atomic E-state index is 0.0529. The molecule has 5 nitrogen and oxygen atoms in total. The molecule has 0 aromatic heterocycles. The summed E-state index contributed by atoms with van der Waals surface area (Å²) in [7, 11) is 0. The predicted octanol–water partition coefficient (Wildman–Crippen LogP) is 7.58. The van der Waals surface area contributed by atoms with E-state index in [0.29, 0.717) is 41.0 Å². The molecule has 0 unspecified atom stereocenters. The third kappa shape index (κ3) is 6.49. The van der Waals surface area contributed by atoms with Crippen LogP contribution in [-0.4, -0.2) is 12.5 Å². The summed E-state index contributed by atoms with van der Waals surface area (Å²) in [6.45, 7) is 4.63. The number of carbonyl (C=O) groups excluding carboxylic acids is 1. The highest BCUT2D eigenvalue weighted by Crippen LogP contribution is 2.38. The van der Waals surface area contributed by atoms with Crippen LogP contribution in [0.2, 0.25) is 5.02 Å². The number of carbonyl (C=O) groups is 1. The predicted molar refractivity (Wildman–Crippen MR) is 149 cm³/mol. The molecule has 0 saturated carbocycles. The first kappa shape index (κ1) is 25.8. The van der Waals surface area contributed by atoms with E-state index in [0.717, 1.165) is 28.3 Å². The second-order valence-corrected chi connectivity index (χ2v) is 8.81. The van der Waals surface area contributed by atoms with Crippen molar-refractivity contribution in [2.24, 2.45) is 0 Å². The number of ether oxygens (including phenoxy) is 2. The van der Waals surface area contributed by atoms with E-state index in [1.807, 2.05) is 55.5 Å². The average Bonchev–Trinajstić information content (AvgIpc) is 2.91. The molecule has 6 heteroatoms. The van der Waals surface area contributed by atoms with Crippen LogP contribution in [0.3, 0.4) is 0 Å². The van der Waals surface area contributed by atoms with Crippen LogP contribution < -0.4 is 14.8 Å². The van der Waals surface area contributed by atoms with E-state index >= 15 is 0 Å². The van der Waals surface area contributed by atoms with Crippen molar-refractivity contribution >= 4 is 40.0 Å². The van der Waals surface area contributed by atoms with Gasteiger partial charge in [0.15, 0.2) is 11.5 Å². The molecule has 0 atom stereocenters. The van der Waals surface area contributed by atoms with Crippen molar-refractivity contribution in [1.29, 1.82) is 5.26 Å². The van der Waals surface area contributed by atoms with E-state index in [4.69, 9.17) is 21.1 Å². The lowest BCUT2D eigenvalue weighted by Gasteiger charge is -2.15. The van der Waals surface area contributed by atoms with Gasteiger partial charge in [0, 0.05) is 5.69 Å². The number of nitrogens with zero attached hydrogens (tertiary/aromatic N) is 1. The number of rotatable bonds is 9. The molecule has 4 aromatic carbocycles. The molecule has 1 N–H and O–H groups in total. The lowest BCUT2D eigenvalue weighted by Crippen LogP contribution is -2.13. The van der Waals surface area contributed by atoms with Crippen LogP contribution in [0.1, 0.15) is 30.5 Å². The van der Waals surface area contributed by atoms with Crippen molar-refractivity contribution in [3.8, 4) is 17.6 Å². The Hall–Kier alpha value is -4.27. The molecule has 0 bridgehead atoms. The molecular formula is C31H27ClN2O3. The van der Waals surface area contributed by atoms with E-state index in [1.54, 1.807) is 12.1 Å². The highest BCUT2D eigenvalue weighted by molar-refractivity contribution is 6.32. The summed E-state index contributed by atoms with van der Waals surface area (Å²) >= 11 is 6.58. The average molecular weight is 511 g/mol. The van der Waals surface area contributed by atoms with E-state index in [1.165, 1.54) is 6.08 Å². The molecular weight excluding hydrogens is 484 g/mol. The van der Waals surface area contributed by atoms with Gasteiger partial charge in [0.1, 0.15) is 18.2 Å². The Balaban J connectivity index is 1.54. The van der Waals surface area contributed by atoms with E-state index in [9.17, 15) is 10.1 Å². The third-order valence-electron chi connectivity index (χ3n) is 5.82. The maximum absolute atomic E-state index is 12.7. The molecule has 0 aliphatic carbocycles. The Morgan fingerprint density at radius 2 is 1.68 bits per heavy atom. The van der Waals surface area contributed by atoms with Crippen LogP contribution in [-0.2, 0) is 17.8 Å². The number of benzene rings is 4. The smallest absolute Gasteiger partial charge is 0.266 e. The van der Waals surface area contributed by atoms with Gasteiger partial charge in [-0.1, -0.05) is 67.1 Å². The number of nitrogens with one attached hydrogen (secondary N) is 1. The van der Waals surface area contributed by atoms with Gasteiger partial charge in [-0.25, -0.2) is 0 Å². The normalized spacial score (nSPS) is 11.1. The Kier molecular flexibility index (Phi) is 8.45. The molecule has 4 rings (SSSR count). The van der Waals surface area contributed by atoms with Crippen LogP contribution in [0.5, 0.6) is 11.5 Å². The lowest BCUT2D eigenvalue weighted by atomic mass is 10.1. The summed E-state index contributed by atoms with van der Waals surface area (Å²) in [5, 5.41) is 15.0. The van der Waals surface area contributed by atoms with Gasteiger partial charge >= 0.3 is 0 Å². The van der Waals surface area contributed by atoms with Crippen molar-refractivity contribution in [2.75, 3.05) is 11.9 Å². The molecule has 4 aromatic rings. The van der Waals surface area contributed by atoms with Crippen LogP contribution in [0.4, 0.5) is 5.69 Å². The monoisotopic (exact) mass is 510 g/mol. The van der Waals surface area contributed by atoms with Crippen molar-refractivity contribution < 1.29 is 14.3 Å². The number of aryl methyl sites for hydroxylation is 1. The second-order valence-electron chi connectivity index (χ2n) is 8.41. The first-order valence-electron chi connectivity index (χ1n) is 12.1. The van der Waals surface area contributed by atoms with Gasteiger partial charge in [0.05, 0.1) is 11.6 Å². The quantitative estimate of drug-likeness (QED) is 0.186. The molecule has 0 aliphatic rings. The maximum atomic E-state index is 12.7. The molecule has 0 radical (unpaired) electrons. The molecule has 186 valence electrons. The Bertz CT molecular complexity index is 1490. The fraction of sp³-hybridized carbons (Fsp3) is 0.161. The number of anilines is 1. The molecule has 0 saturated heterocycles. The maximum Gasteiger partial charge on any atom is 0.266 e. The van der Waals surface area contributed by atoms with Crippen LogP contribution in [0.15, 0.2) is 84.4 Å². The van der Waals surface area contributed by atoms with Gasteiger partial charge in [-0.3, -0.25) is 4.79 Å². The van der Waals surface area contributed by atoms with Gasteiger partial charge in [-0.05, 0) is 77.2 Å². The first-order valence-corrected chi connectivity index (χ1v) is 12.5. The Morgan fingerprint density at radius 1 is 0.946 bits per heavy atom. The number of hydrogen-bond donors (Lipinski definition) is 1. The highest BCUT2D eigenvalue weighted by Gasteiger charge is 2.15. The molecule has 0 spiro atoms. The Labute approximate surface area is 221 Å². The van der Waals surface area contributed by atoms with Crippen LogP contribution in [0, 0.1) is 11.3 Å². The number of nitriles is 1. The molecule has 37 heavy (non-hydrogen) atoms. The summed E-state index contributed by atoms with van der Waals surface area (Å²) in [5.74, 6) is 0.347. The number of fused-ring (bicyclic) bond motifs is 1. The standard InChI is InChI=1S/C31H27ClN2O3/c1-3-21-10-13-27(14-11-21)34-31(35)26(19-33)16-23-17-28(32)30(29(18-23)36-4-2)37-20-22-9-12-24-7-5-6-8-25(24)15-22/h5-18H,3-4,20H2,1-2H3,(H,34,35)/b26-16+. The summed E-state index contributed by atoms with van der Waals surface area (Å²) in [5.41, 5.74) is 3.28.